The average Bonchev–Trinajstić information content (AvgIpc) is 2.90. The minimum Gasteiger partial charge on any atom is -0.233 e. The lowest BCUT2D eigenvalue weighted by molar-refractivity contribution is 0.859. The van der Waals surface area contributed by atoms with Crippen LogP contribution in [-0.2, 0) is 0 Å². The van der Waals surface area contributed by atoms with Gasteiger partial charge in [0, 0.05) is 5.56 Å². The molecule has 0 bridgehead atoms. The maximum atomic E-state index is 4.65. The first-order valence-electron chi connectivity index (χ1n) is 7.37. The van der Waals surface area contributed by atoms with E-state index in [0.717, 1.165) is 17.1 Å². The van der Waals surface area contributed by atoms with Gasteiger partial charge in [-0.25, -0.2) is 4.68 Å². The molecule has 0 radical (unpaired) electrons. The fourth-order valence-electron chi connectivity index (χ4n) is 2.53. The quantitative estimate of drug-likeness (QED) is 0.660. The number of aromatic nitrogens is 2. The molecular formula is C19H20N2. The number of aryl methyl sites for hydroxylation is 1. The largest absolute Gasteiger partial charge is 0.233 e. The zero-order valence-corrected chi connectivity index (χ0v) is 12.7. The first-order chi connectivity index (χ1) is 10.1. The molecule has 0 spiro atoms. The molecule has 0 N–H and O–H groups in total. The summed E-state index contributed by atoms with van der Waals surface area (Å²) in [5, 5.41) is 4.65. The van der Waals surface area contributed by atoms with Crippen LogP contribution in [0.5, 0.6) is 0 Å². The maximum Gasteiger partial charge on any atom is 0.0743 e. The van der Waals surface area contributed by atoms with E-state index in [9.17, 15) is 0 Å². The van der Waals surface area contributed by atoms with Crippen molar-refractivity contribution in [1.82, 2.24) is 9.78 Å². The number of hydrogen-bond acceptors (Lipinski definition) is 1. The highest BCUT2D eigenvalue weighted by atomic mass is 15.3. The Balaban J connectivity index is 2.13. The third kappa shape index (κ3) is 2.75. The molecule has 2 aromatic carbocycles. The molecule has 0 fully saturated rings. The standard InChI is InChI=1S/C19H20N2/c1-14(2)16-8-7-9-17(13-16)19-12-15(3)20-21(19)18-10-5-4-6-11-18/h4-14H,1-3H3. The molecule has 0 saturated carbocycles. The highest BCUT2D eigenvalue weighted by molar-refractivity contribution is 5.63. The summed E-state index contributed by atoms with van der Waals surface area (Å²) in [6.07, 6.45) is 0. The number of rotatable bonds is 3. The monoisotopic (exact) mass is 276 g/mol. The Bertz CT molecular complexity index is 739. The van der Waals surface area contributed by atoms with Gasteiger partial charge in [0.1, 0.15) is 0 Å². The number of para-hydroxylation sites is 1. The molecule has 3 aromatic rings. The minimum absolute atomic E-state index is 0.527. The third-order valence-electron chi connectivity index (χ3n) is 3.68. The molecule has 0 aliphatic rings. The molecule has 0 saturated heterocycles. The van der Waals surface area contributed by atoms with Crippen molar-refractivity contribution in [2.45, 2.75) is 26.7 Å². The minimum atomic E-state index is 0.527. The van der Waals surface area contributed by atoms with Crippen molar-refractivity contribution in [2.75, 3.05) is 0 Å². The summed E-state index contributed by atoms with van der Waals surface area (Å²) in [6.45, 7) is 6.48. The molecule has 1 aromatic heterocycles. The molecule has 0 atom stereocenters. The predicted octanol–water partition coefficient (Wildman–Crippen LogP) is 4.97. The van der Waals surface area contributed by atoms with Gasteiger partial charge in [0.15, 0.2) is 0 Å². The molecule has 2 heteroatoms. The molecule has 1 heterocycles. The van der Waals surface area contributed by atoms with Crippen molar-refractivity contribution in [3.63, 3.8) is 0 Å². The fraction of sp³-hybridized carbons (Fsp3) is 0.211. The van der Waals surface area contributed by atoms with Gasteiger partial charge in [-0.05, 0) is 42.7 Å². The summed E-state index contributed by atoms with van der Waals surface area (Å²) in [6, 6.07) is 21.2. The van der Waals surface area contributed by atoms with Gasteiger partial charge in [-0.3, -0.25) is 0 Å². The van der Waals surface area contributed by atoms with E-state index in [2.05, 4.69) is 61.4 Å². The summed E-state index contributed by atoms with van der Waals surface area (Å²) < 4.78 is 2.02. The van der Waals surface area contributed by atoms with Gasteiger partial charge in [-0.2, -0.15) is 5.10 Å². The Morgan fingerprint density at radius 2 is 1.67 bits per heavy atom. The number of hydrogen-bond donors (Lipinski definition) is 0. The number of nitrogens with zero attached hydrogens (tertiary/aromatic N) is 2. The Labute approximate surface area is 126 Å². The van der Waals surface area contributed by atoms with E-state index in [1.807, 2.05) is 29.8 Å². The van der Waals surface area contributed by atoms with Crippen LogP contribution in [-0.4, -0.2) is 9.78 Å². The normalized spacial score (nSPS) is 11.0. The maximum absolute atomic E-state index is 4.65. The Kier molecular flexibility index (Phi) is 3.61. The van der Waals surface area contributed by atoms with E-state index in [0.29, 0.717) is 5.92 Å². The molecule has 106 valence electrons. The van der Waals surface area contributed by atoms with Crippen LogP contribution in [0.4, 0.5) is 0 Å². The number of benzene rings is 2. The molecule has 0 aliphatic carbocycles. The molecule has 0 unspecified atom stereocenters. The Morgan fingerprint density at radius 1 is 0.905 bits per heavy atom. The average molecular weight is 276 g/mol. The van der Waals surface area contributed by atoms with Crippen molar-refractivity contribution in [1.29, 1.82) is 0 Å². The molecule has 21 heavy (non-hydrogen) atoms. The van der Waals surface area contributed by atoms with Gasteiger partial charge >= 0.3 is 0 Å². The van der Waals surface area contributed by atoms with E-state index in [1.54, 1.807) is 0 Å². The van der Waals surface area contributed by atoms with Crippen molar-refractivity contribution in [3.05, 3.63) is 71.9 Å². The van der Waals surface area contributed by atoms with E-state index in [-0.39, 0.29) is 0 Å². The van der Waals surface area contributed by atoms with Crippen LogP contribution in [0.25, 0.3) is 16.9 Å². The van der Waals surface area contributed by atoms with E-state index >= 15 is 0 Å². The highest BCUT2D eigenvalue weighted by Crippen LogP contribution is 2.26. The zero-order valence-electron chi connectivity index (χ0n) is 12.7. The van der Waals surface area contributed by atoms with Gasteiger partial charge in [-0.1, -0.05) is 50.2 Å². The van der Waals surface area contributed by atoms with E-state index < -0.39 is 0 Å². The Morgan fingerprint density at radius 3 is 2.38 bits per heavy atom. The van der Waals surface area contributed by atoms with Crippen LogP contribution >= 0.6 is 0 Å². The predicted molar refractivity (Wildman–Crippen MR) is 87.8 cm³/mol. The summed E-state index contributed by atoms with van der Waals surface area (Å²) in [5.41, 5.74) is 5.83. The first-order valence-corrected chi connectivity index (χ1v) is 7.37. The van der Waals surface area contributed by atoms with Crippen molar-refractivity contribution >= 4 is 0 Å². The summed E-state index contributed by atoms with van der Waals surface area (Å²) in [5.74, 6) is 0.527. The lowest BCUT2D eigenvalue weighted by atomic mass is 9.99. The van der Waals surface area contributed by atoms with Crippen LogP contribution in [0.15, 0.2) is 60.7 Å². The van der Waals surface area contributed by atoms with Crippen LogP contribution in [0, 0.1) is 6.92 Å². The van der Waals surface area contributed by atoms with Crippen molar-refractivity contribution in [2.24, 2.45) is 0 Å². The van der Waals surface area contributed by atoms with Crippen molar-refractivity contribution in [3.8, 4) is 16.9 Å². The van der Waals surface area contributed by atoms with Crippen LogP contribution in [0.3, 0.4) is 0 Å². The van der Waals surface area contributed by atoms with Crippen molar-refractivity contribution < 1.29 is 0 Å². The first kappa shape index (κ1) is 13.6. The van der Waals surface area contributed by atoms with Gasteiger partial charge < -0.3 is 0 Å². The Hall–Kier alpha value is -2.35. The zero-order chi connectivity index (χ0) is 14.8. The summed E-state index contributed by atoms with van der Waals surface area (Å²) in [7, 11) is 0. The van der Waals surface area contributed by atoms with Gasteiger partial charge in [0.05, 0.1) is 17.1 Å². The fourth-order valence-corrected chi connectivity index (χ4v) is 2.53. The molecule has 3 rings (SSSR count). The highest BCUT2D eigenvalue weighted by Gasteiger charge is 2.10. The second-order valence-corrected chi connectivity index (χ2v) is 5.70. The van der Waals surface area contributed by atoms with Crippen LogP contribution < -0.4 is 0 Å². The second-order valence-electron chi connectivity index (χ2n) is 5.70. The van der Waals surface area contributed by atoms with Gasteiger partial charge in [0.2, 0.25) is 0 Å². The summed E-state index contributed by atoms with van der Waals surface area (Å²) in [4.78, 5) is 0. The second kappa shape index (κ2) is 5.57. The van der Waals surface area contributed by atoms with Gasteiger partial charge in [0.25, 0.3) is 0 Å². The third-order valence-corrected chi connectivity index (χ3v) is 3.68. The van der Waals surface area contributed by atoms with E-state index in [4.69, 9.17) is 0 Å². The topological polar surface area (TPSA) is 17.8 Å². The summed E-state index contributed by atoms with van der Waals surface area (Å²) >= 11 is 0. The molecular weight excluding hydrogens is 256 g/mol. The SMILES string of the molecule is Cc1cc(-c2cccc(C(C)C)c2)n(-c2ccccc2)n1. The van der Waals surface area contributed by atoms with E-state index in [1.165, 1.54) is 11.1 Å². The van der Waals surface area contributed by atoms with Gasteiger partial charge in [-0.15, -0.1) is 0 Å². The van der Waals surface area contributed by atoms with Crippen LogP contribution in [0.1, 0.15) is 31.0 Å². The van der Waals surface area contributed by atoms with Crippen LogP contribution in [0.2, 0.25) is 0 Å². The molecule has 0 amide bonds. The lowest BCUT2D eigenvalue weighted by Crippen LogP contribution is -1.99. The lowest BCUT2D eigenvalue weighted by Gasteiger charge is -2.10. The molecule has 2 nitrogen and oxygen atoms in total. The molecule has 0 aliphatic heterocycles. The smallest absolute Gasteiger partial charge is 0.0743 e.